The number of guanidine groups is 1. The second-order valence-electron chi connectivity index (χ2n) is 5.74. The standard InChI is InChI=1S/C19H19F2N3OS/c1-22-19(23-10-13-8-14(20)6-7-15(13)21)24-11-16(25)18-9-12-4-2-3-5-17(12)26-18/h2-9,16,25H,10-11H2,1H3,(H2,22,23,24). The molecule has 0 aliphatic rings. The van der Waals surface area contributed by atoms with Crippen molar-refractivity contribution >= 4 is 27.4 Å². The minimum atomic E-state index is -0.697. The third kappa shape index (κ3) is 4.36. The van der Waals surface area contributed by atoms with E-state index in [2.05, 4.69) is 15.6 Å². The summed E-state index contributed by atoms with van der Waals surface area (Å²) in [6, 6.07) is 13.2. The molecule has 26 heavy (non-hydrogen) atoms. The van der Waals surface area contributed by atoms with Crippen molar-refractivity contribution in [3.05, 3.63) is 70.6 Å². The summed E-state index contributed by atoms with van der Waals surface area (Å²) in [5.41, 5.74) is 0.206. The van der Waals surface area contributed by atoms with Gasteiger partial charge in [-0.05, 0) is 35.7 Å². The van der Waals surface area contributed by atoms with Crippen molar-refractivity contribution in [2.75, 3.05) is 13.6 Å². The molecular weight excluding hydrogens is 356 g/mol. The van der Waals surface area contributed by atoms with Crippen LogP contribution in [0.1, 0.15) is 16.5 Å². The molecule has 1 heterocycles. The third-order valence-corrected chi connectivity index (χ3v) is 5.13. The van der Waals surface area contributed by atoms with Gasteiger partial charge in [-0.1, -0.05) is 18.2 Å². The van der Waals surface area contributed by atoms with Crippen molar-refractivity contribution in [2.45, 2.75) is 12.6 Å². The summed E-state index contributed by atoms with van der Waals surface area (Å²) < 4.78 is 28.0. The molecule has 2 aromatic carbocycles. The summed E-state index contributed by atoms with van der Waals surface area (Å²) in [7, 11) is 1.57. The number of aliphatic imine (C=N–C) groups is 1. The van der Waals surface area contributed by atoms with Crippen LogP contribution < -0.4 is 10.6 Å². The highest BCUT2D eigenvalue weighted by atomic mass is 32.1. The molecule has 0 amide bonds. The van der Waals surface area contributed by atoms with Crippen LogP contribution in [0.15, 0.2) is 53.5 Å². The smallest absolute Gasteiger partial charge is 0.191 e. The number of aliphatic hydroxyl groups is 1. The van der Waals surface area contributed by atoms with E-state index in [0.29, 0.717) is 5.96 Å². The Hall–Kier alpha value is -2.51. The van der Waals surface area contributed by atoms with Gasteiger partial charge in [-0.3, -0.25) is 4.99 Å². The molecule has 0 radical (unpaired) electrons. The predicted molar refractivity (Wildman–Crippen MR) is 101 cm³/mol. The number of fused-ring (bicyclic) bond motifs is 1. The Morgan fingerprint density at radius 1 is 1.15 bits per heavy atom. The summed E-state index contributed by atoms with van der Waals surface area (Å²) in [5, 5.41) is 17.4. The van der Waals surface area contributed by atoms with Crippen LogP contribution in [0.5, 0.6) is 0 Å². The molecule has 0 saturated carbocycles. The average molecular weight is 375 g/mol. The highest BCUT2D eigenvalue weighted by molar-refractivity contribution is 7.19. The van der Waals surface area contributed by atoms with E-state index >= 15 is 0 Å². The van der Waals surface area contributed by atoms with Crippen LogP contribution in [-0.2, 0) is 6.54 Å². The average Bonchev–Trinajstić information content (AvgIpc) is 3.08. The number of hydrogen-bond donors (Lipinski definition) is 3. The highest BCUT2D eigenvalue weighted by Crippen LogP contribution is 2.29. The van der Waals surface area contributed by atoms with E-state index in [-0.39, 0.29) is 18.7 Å². The summed E-state index contributed by atoms with van der Waals surface area (Å²) >= 11 is 1.54. The van der Waals surface area contributed by atoms with Crippen molar-refractivity contribution in [1.29, 1.82) is 0 Å². The first-order valence-corrected chi connectivity index (χ1v) is 8.93. The van der Waals surface area contributed by atoms with Gasteiger partial charge in [0.15, 0.2) is 5.96 Å². The Morgan fingerprint density at radius 3 is 2.73 bits per heavy atom. The molecule has 0 spiro atoms. The normalized spacial score (nSPS) is 13.0. The molecule has 3 rings (SSSR count). The van der Waals surface area contributed by atoms with Gasteiger partial charge in [0.1, 0.15) is 17.7 Å². The summed E-state index contributed by atoms with van der Waals surface area (Å²) in [5.74, 6) is -0.584. The molecule has 1 aromatic heterocycles. The zero-order chi connectivity index (χ0) is 18.5. The van der Waals surface area contributed by atoms with Crippen molar-refractivity contribution in [1.82, 2.24) is 10.6 Å². The fourth-order valence-electron chi connectivity index (χ4n) is 2.54. The number of aliphatic hydroxyl groups excluding tert-OH is 1. The lowest BCUT2D eigenvalue weighted by Gasteiger charge is -2.15. The van der Waals surface area contributed by atoms with E-state index in [4.69, 9.17) is 0 Å². The first-order chi connectivity index (χ1) is 12.6. The molecule has 3 aromatic rings. The molecular formula is C19H19F2N3OS. The second-order valence-corrected chi connectivity index (χ2v) is 6.86. The first kappa shape index (κ1) is 18.3. The van der Waals surface area contributed by atoms with Crippen molar-refractivity contribution in [3.8, 4) is 0 Å². The molecule has 4 nitrogen and oxygen atoms in total. The zero-order valence-corrected chi connectivity index (χ0v) is 15.0. The van der Waals surface area contributed by atoms with Crippen LogP contribution in [0.2, 0.25) is 0 Å². The number of benzene rings is 2. The van der Waals surface area contributed by atoms with Crippen LogP contribution in [0.3, 0.4) is 0 Å². The summed E-state index contributed by atoms with van der Waals surface area (Å²) in [4.78, 5) is 4.89. The third-order valence-electron chi connectivity index (χ3n) is 3.91. The monoisotopic (exact) mass is 375 g/mol. The molecule has 136 valence electrons. The maximum absolute atomic E-state index is 13.7. The van der Waals surface area contributed by atoms with Gasteiger partial charge in [-0.25, -0.2) is 8.78 Å². The number of nitrogens with zero attached hydrogens (tertiary/aromatic N) is 1. The lowest BCUT2D eigenvalue weighted by Crippen LogP contribution is -2.39. The van der Waals surface area contributed by atoms with Gasteiger partial charge in [0.2, 0.25) is 0 Å². The van der Waals surface area contributed by atoms with Crippen molar-refractivity contribution in [2.24, 2.45) is 4.99 Å². The lowest BCUT2D eigenvalue weighted by atomic mass is 10.2. The lowest BCUT2D eigenvalue weighted by molar-refractivity contribution is 0.184. The van der Waals surface area contributed by atoms with Crippen molar-refractivity contribution < 1.29 is 13.9 Å². The Bertz CT molecular complexity index is 893. The highest BCUT2D eigenvalue weighted by Gasteiger charge is 2.12. The fraction of sp³-hybridized carbons (Fsp3) is 0.211. The Balaban J connectivity index is 1.57. The van der Waals surface area contributed by atoms with Crippen LogP contribution in [0.25, 0.3) is 10.1 Å². The summed E-state index contributed by atoms with van der Waals surface area (Å²) in [6.45, 7) is 0.334. The van der Waals surface area contributed by atoms with Gasteiger partial charge < -0.3 is 15.7 Å². The Morgan fingerprint density at radius 2 is 1.96 bits per heavy atom. The largest absolute Gasteiger partial charge is 0.386 e. The summed E-state index contributed by atoms with van der Waals surface area (Å²) in [6.07, 6.45) is -0.697. The maximum atomic E-state index is 13.7. The van der Waals surface area contributed by atoms with E-state index in [0.717, 1.165) is 33.2 Å². The van der Waals surface area contributed by atoms with E-state index in [1.165, 1.54) is 11.3 Å². The van der Waals surface area contributed by atoms with E-state index < -0.39 is 17.7 Å². The van der Waals surface area contributed by atoms with Gasteiger partial charge in [0.05, 0.1) is 0 Å². The molecule has 0 saturated heterocycles. The van der Waals surface area contributed by atoms with Gasteiger partial charge in [0.25, 0.3) is 0 Å². The first-order valence-electron chi connectivity index (χ1n) is 8.12. The molecule has 0 aliphatic carbocycles. The van der Waals surface area contributed by atoms with E-state index in [1.54, 1.807) is 7.05 Å². The number of nitrogens with one attached hydrogen (secondary N) is 2. The molecule has 0 fully saturated rings. The number of rotatable bonds is 5. The van der Waals surface area contributed by atoms with Gasteiger partial charge >= 0.3 is 0 Å². The molecule has 1 unspecified atom stereocenters. The van der Waals surface area contributed by atoms with Crippen LogP contribution in [-0.4, -0.2) is 24.7 Å². The molecule has 0 bridgehead atoms. The molecule has 3 N–H and O–H groups in total. The molecule has 7 heteroatoms. The number of halogens is 2. The van der Waals surface area contributed by atoms with Gasteiger partial charge in [-0.2, -0.15) is 0 Å². The Kier molecular flexibility index (Phi) is 5.80. The van der Waals surface area contributed by atoms with Gasteiger partial charge in [-0.15, -0.1) is 11.3 Å². The van der Waals surface area contributed by atoms with E-state index in [9.17, 15) is 13.9 Å². The van der Waals surface area contributed by atoms with Crippen LogP contribution in [0.4, 0.5) is 8.78 Å². The minimum absolute atomic E-state index is 0.0856. The maximum Gasteiger partial charge on any atom is 0.191 e. The SMILES string of the molecule is CN=C(NCc1cc(F)ccc1F)NCC(O)c1cc2ccccc2s1. The van der Waals surface area contributed by atoms with Gasteiger partial charge in [0, 0.05) is 35.3 Å². The Labute approximate surface area is 154 Å². The van der Waals surface area contributed by atoms with Crippen LogP contribution >= 0.6 is 11.3 Å². The zero-order valence-electron chi connectivity index (χ0n) is 14.2. The molecule has 1 atom stereocenters. The van der Waals surface area contributed by atoms with Crippen molar-refractivity contribution in [3.63, 3.8) is 0 Å². The fourth-order valence-corrected chi connectivity index (χ4v) is 3.59. The number of hydrogen-bond acceptors (Lipinski definition) is 3. The predicted octanol–water partition coefficient (Wildman–Crippen LogP) is 3.58. The molecule has 0 aliphatic heterocycles. The second kappa shape index (κ2) is 8.25. The quantitative estimate of drug-likeness (QED) is 0.472. The van der Waals surface area contributed by atoms with E-state index in [1.807, 2.05) is 30.3 Å². The minimum Gasteiger partial charge on any atom is -0.386 e. The van der Waals surface area contributed by atoms with Crippen LogP contribution in [0, 0.1) is 11.6 Å². The topological polar surface area (TPSA) is 56.7 Å². The number of thiophene rings is 1.